The van der Waals surface area contributed by atoms with Gasteiger partial charge in [-0.1, -0.05) is 60.2 Å². The molecule has 27 heavy (non-hydrogen) atoms. The molecule has 0 bridgehead atoms. The van der Waals surface area contributed by atoms with Crippen LogP contribution in [0.3, 0.4) is 0 Å². The predicted molar refractivity (Wildman–Crippen MR) is 106 cm³/mol. The van der Waals surface area contributed by atoms with E-state index in [0.29, 0.717) is 23.7 Å². The van der Waals surface area contributed by atoms with Gasteiger partial charge < -0.3 is 9.47 Å². The third kappa shape index (κ3) is 3.49. The summed E-state index contributed by atoms with van der Waals surface area (Å²) in [5.41, 5.74) is 4.60. The first-order valence-electron chi connectivity index (χ1n) is 8.93. The number of hydrogen-bond acceptors (Lipinski definition) is 3. The SMILES string of the molecule is Cc1cccc(/C=C2\Oc3c(ccc(OCc4ccccc4)c3C)C2=O)c1. The Balaban J connectivity index is 1.59. The zero-order valence-electron chi connectivity index (χ0n) is 15.4. The van der Waals surface area contributed by atoms with Crippen molar-refractivity contribution in [2.45, 2.75) is 20.5 Å². The molecule has 0 atom stereocenters. The molecule has 0 spiro atoms. The fourth-order valence-electron chi connectivity index (χ4n) is 3.17. The third-order valence-electron chi connectivity index (χ3n) is 4.61. The average molecular weight is 356 g/mol. The zero-order chi connectivity index (χ0) is 18.8. The standard InChI is InChI=1S/C24H20O3/c1-16-7-6-10-19(13-16)14-22-23(25)20-11-12-21(17(2)24(20)27-22)26-15-18-8-4-3-5-9-18/h3-14H,15H2,1-2H3/b22-14-. The number of fused-ring (bicyclic) bond motifs is 1. The van der Waals surface area contributed by atoms with Crippen LogP contribution in [-0.2, 0) is 6.61 Å². The molecule has 1 aliphatic rings. The van der Waals surface area contributed by atoms with E-state index in [9.17, 15) is 4.79 Å². The van der Waals surface area contributed by atoms with Crippen molar-refractivity contribution < 1.29 is 14.3 Å². The molecule has 0 radical (unpaired) electrons. The molecule has 0 N–H and O–H groups in total. The molecule has 0 aliphatic carbocycles. The number of hydrogen-bond donors (Lipinski definition) is 0. The Morgan fingerprint density at radius 2 is 1.78 bits per heavy atom. The van der Waals surface area contributed by atoms with Crippen molar-refractivity contribution in [2.75, 3.05) is 0 Å². The van der Waals surface area contributed by atoms with Crippen LogP contribution in [0, 0.1) is 13.8 Å². The second kappa shape index (κ2) is 7.12. The zero-order valence-corrected chi connectivity index (χ0v) is 15.4. The summed E-state index contributed by atoms with van der Waals surface area (Å²) in [6.07, 6.45) is 1.79. The molecule has 4 rings (SSSR count). The molecule has 0 amide bonds. The van der Waals surface area contributed by atoms with Gasteiger partial charge >= 0.3 is 0 Å². The average Bonchev–Trinajstić information content (AvgIpc) is 2.99. The van der Waals surface area contributed by atoms with Crippen LogP contribution in [0.5, 0.6) is 11.5 Å². The highest BCUT2D eigenvalue weighted by molar-refractivity contribution is 6.14. The highest BCUT2D eigenvalue weighted by Gasteiger charge is 2.30. The molecule has 0 saturated heterocycles. The van der Waals surface area contributed by atoms with Gasteiger partial charge in [0.05, 0.1) is 5.56 Å². The third-order valence-corrected chi connectivity index (χ3v) is 4.61. The summed E-state index contributed by atoms with van der Waals surface area (Å²) in [6, 6.07) is 21.6. The van der Waals surface area contributed by atoms with Gasteiger partial charge in [-0.15, -0.1) is 0 Å². The van der Waals surface area contributed by atoms with Crippen LogP contribution < -0.4 is 9.47 Å². The Kier molecular flexibility index (Phi) is 4.51. The first-order chi connectivity index (χ1) is 13.1. The number of benzene rings is 3. The number of carbonyl (C=O) groups is 1. The number of ketones is 1. The second-order valence-corrected chi connectivity index (χ2v) is 6.69. The largest absolute Gasteiger partial charge is 0.488 e. The highest BCUT2D eigenvalue weighted by atomic mass is 16.5. The molecule has 0 saturated carbocycles. The molecule has 0 unspecified atom stereocenters. The monoisotopic (exact) mass is 356 g/mol. The van der Waals surface area contributed by atoms with Crippen LogP contribution in [0.1, 0.15) is 32.6 Å². The van der Waals surface area contributed by atoms with Crippen molar-refractivity contribution in [3.63, 3.8) is 0 Å². The molecule has 3 heteroatoms. The first-order valence-corrected chi connectivity index (χ1v) is 8.93. The number of allylic oxidation sites excluding steroid dienone is 1. The highest BCUT2D eigenvalue weighted by Crippen LogP contribution is 2.39. The normalized spacial score (nSPS) is 14.1. The minimum absolute atomic E-state index is 0.0933. The molecular formula is C24H20O3. The smallest absolute Gasteiger partial charge is 0.231 e. The Morgan fingerprint density at radius 1 is 0.963 bits per heavy atom. The number of aryl methyl sites for hydroxylation is 1. The van der Waals surface area contributed by atoms with Crippen LogP contribution in [0.2, 0.25) is 0 Å². The number of Topliss-reactive ketones (excluding diaryl/α,β-unsaturated/α-hetero) is 1. The molecular weight excluding hydrogens is 336 g/mol. The van der Waals surface area contributed by atoms with Crippen LogP contribution >= 0.6 is 0 Å². The summed E-state index contributed by atoms with van der Waals surface area (Å²) in [7, 11) is 0. The fraction of sp³-hybridized carbons (Fsp3) is 0.125. The van der Waals surface area contributed by atoms with Gasteiger partial charge in [0, 0.05) is 5.56 Å². The maximum atomic E-state index is 12.7. The lowest BCUT2D eigenvalue weighted by molar-refractivity contribution is 0.101. The summed E-state index contributed by atoms with van der Waals surface area (Å²) in [4.78, 5) is 12.7. The van der Waals surface area contributed by atoms with Crippen LogP contribution in [-0.4, -0.2) is 5.78 Å². The molecule has 3 nitrogen and oxygen atoms in total. The maximum Gasteiger partial charge on any atom is 0.231 e. The molecule has 3 aromatic carbocycles. The van der Waals surface area contributed by atoms with E-state index in [-0.39, 0.29) is 5.78 Å². The van der Waals surface area contributed by atoms with Crippen molar-refractivity contribution in [3.05, 3.63) is 100 Å². The molecule has 1 aliphatic heterocycles. The van der Waals surface area contributed by atoms with E-state index in [1.54, 1.807) is 12.1 Å². The Morgan fingerprint density at radius 3 is 2.56 bits per heavy atom. The first kappa shape index (κ1) is 17.1. The summed E-state index contributed by atoms with van der Waals surface area (Å²) in [5, 5.41) is 0. The quantitative estimate of drug-likeness (QED) is 0.579. The van der Waals surface area contributed by atoms with Gasteiger partial charge in [-0.05, 0) is 43.2 Å². The summed E-state index contributed by atoms with van der Waals surface area (Å²) in [6.45, 7) is 4.41. The van der Waals surface area contributed by atoms with Gasteiger partial charge in [-0.3, -0.25) is 4.79 Å². The van der Waals surface area contributed by atoms with E-state index < -0.39 is 0 Å². The Labute approximate surface area is 158 Å². The van der Waals surface area contributed by atoms with E-state index in [0.717, 1.165) is 28.0 Å². The van der Waals surface area contributed by atoms with Crippen LogP contribution in [0.4, 0.5) is 0 Å². The summed E-state index contributed by atoms with van der Waals surface area (Å²) in [5.74, 6) is 1.56. The number of ether oxygens (including phenoxy) is 2. The lowest BCUT2D eigenvalue weighted by Gasteiger charge is -2.11. The lowest BCUT2D eigenvalue weighted by Crippen LogP contribution is -1.98. The Hall–Kier alpha value is -3.33. The number of carbonyl (C=O) groups excluding carboxylic acids is 1. The van der Waals surface area contributed by atoms with Crippen LogP contribution in [0.25, 0.3) is 6.08 Å². The van der Waals surface area contributed by atoms with Gasteiger partial charge in [0.2, 0.25) is 5.78 Å². The molecule has 0 fully saturated rings. The fourth-order valence-corrected chi connectivity index (χ4v) is 3.17. The summed E-state index contributed by atoms with van der Waals surface area (Å²) >= 11 is 0. The minimum atomic E-state index is -0.0933. The van der Waals surface area contributed by atoms with E-state index >= 15 is 0 Å². The van der Waals surface area contributed by atoms with Gasteiger partial charge in [0.1, 0.15) is 18.1 Å². The van der Waals surface area contributed by atoms with Gasteiger partial charge in [0.15, 0.2) is 5.76 Å². The van der Waals surface area contributed by atoms with Gasteiger partial charge in [0.25, 0.3) is 0 Å². The van der Waals surface area contributed by atoms with Crippen LogP contribution in [0.15, 0.2) is 72.5 Å². The molecule has 134 valence electrons. The molecule has 0 aromatic heterocycles. The topological polar surface area (TPSA) is 35.5 Å². The minimum Gasteiger partial charge on any atom is -0.488 e. The van der Waals surface area contributed by atoms with E-state index in [1.165, 1.54) is 0 Å². The van der Waals surface area contributed by atoms with Crippen molar-refractivity contribution in [1.29, 1.82) is 0 Å². The second-order valence-electron chi connectivity index (χ2n) is 6.69. The van der Waals surface area contributed by atoms with E-state index in [1.807, 2.05) is 74.5 Å². The van der Waals surface area contributed by atoms with Crippen molar-refractivity contribution in [1.82, 2.24) is 0 Å². The van der Waals surface area contributed by atoms with E-state index in [2.05, 4.69) is 0 Å². The lowest BCUT2D eigenvalue weighted by atomic mass is 10.1. The van der Waals surface area contributed by atoms with Gasteiger partial charge in [-0.2, -0.15) is 0 Å². The van der Waals surface area contributed by atoms with Crippen molar-refractivity contribution in [3.8, 4) is 11.5 Å². The van der Waals surface area contributed by atoms with Crippen molar-refractivity contribution in [2.24, 2.45) is 0 Å². The van der Waals surface area contributed by atoms with E-state index in [4.69, 9.17) is 9.47 Å². The number of rotatable bonds is 4. The predicted octanol–water partition coefficient (Wildman–Crippen LogP) is 5.50. The Bertz CT molecular complexity index is 1030. The molecule has 1 heterocycles. The molecule has 3 aromatic rings. The van der Waals surface area contributed by atoms with Crippen molar-refractivity contribution >= 4 is 11.9 Å². The maximum absolute atomic E-state index is 12.7. The van der Waals surface area contributed by atoms with Gasteiger partial charge in [-0.25, -0.2) is 0 Å². The summed E-state index contributed by atoms with van der Waals surface area (Å²) < 4.78 is 11.9.